The molecule has 23 heavy (non-hydrogen) atoms. The van der Waals surface area contributed by atoms with Crippen LogP contribution in [-0.2, 0) is 19.1 Å². The van der Waals surface area contributed by atoms with Gasteiger partial charge in [0.2, 0.25) is 0 Å². The zero-order chi connectivity index (χ0) is 16.6. The largest absolute Gasteiger partial charge is 0.416 e. The molecule has 0 heterocycles. The fourth-order valence-corrected chi connectivity index (χ4v) is 2.93. The summed E-state index contributed by atoms with van der Waals surface area (Å²) in [6.45, 7) is -0.0915. The van der Waals surface area contributed by atoms with Crippen molar-refractivity contribution in [3.05, 3.63) is 70.5 Å². The maximum atomic E-state index is 13.8. The molecule has 2 nitrogen and oxygen atoms in total. The van der Waals surface area contributed by atoms with Crippen LogP contribution < -0.4 is 5.32 Å². The second kappa shape index (κ2) is 5.94. The van der Waals surface area contributed by atoms with Gasteiger partial charge in [0.15, 0.2) is 0 Å². The van der Waals surface area contributed by atoms with Gasteiger partial charge in [0.05, 0.1) is 17.7 Å². The molecule has 0 fully saturated rings. The van der Waals surface area contributed by atoms with Crippen molar-refractivity contribution in [3.8, 4) is 0 Å². The summed E-state index contributed by atoms with van der Waals surface area (Å²) in [6, 6.07) is 9.36. The highest BCUT2D eigenvalue weighted by atomic mass is 19.4. The number of hydrogen-bond acceptors (Lipinski definition) is 2. The number of nitrogens with one attached hydrogen (secondary N) is 1. The first-order valence-electron chi connectivity index (χ1n) is 7.21. The predicted molar refractivity (Wildman–Crippen MR) is 77.1 cm³/mol. The van der Waals surface area contributed by atoms with Crippen molar-refractivity contribution >= 4 is 0 Å². The quantitative estimate of drug-likeness (QED) is 0.845. The molecule has 2 aromatic carbocycles. The number of rotatable bonds is 3. The van der Waals surface area contributed by atoms with Gasteiger partial charge in [-0.2, -0.15) is 13.2 Å². The van der Waals surface area contributed by atoms with E-state index in [0.29, 0.717) is 6.42 Å². The zero-order valence-electron chi connectivity index (χ0n) is 12.1. The second-order valence-corrected chi connectivity index (χ2v) is 5.63. The Balaban J connectivity index is 1.79. The maximum absolute atomic E-state index is 13.8. The monoisotopic (exact) mass is 325 g/mol. The van der Waals surface area contributed by atoms with Crippen LogP contribution >= 0.6 is 0 Å². The van der Waals surface area contributed by atoms with Crippen molar-refractivity contribution < 1.29 is 22.7 Å². The standard InChI is InChI=1S/C17H15F4NO/c18-14-6-5-12(17(19,20)21)7-11(14)9-22-16-13-4-2-1-3-10(13)8-15(16)23/h1-7,15-16,22-23H,8-9H2/t15-,16+/m1/s1. The molecular weight excluding hydrogens is 310 g/mol. The molecule has 122 valence electrons. The summed E-state index contributed by atoms with van der Waals surface area (Å²) >= 11 is 0. The van der Waals surface area contributed by atoms with Gasteiger partial charge in [-0.15, -0.1) is 0 Å². The zero-order valence-corrected chi connectivity index (χ0v) is 12.1. The number of halogens is 4. The van der Waals surface area contributed by atoms with Gasteiger partial charge in [-0.25, -0.2) is 4.39 Å². The smallest absolute Gasteiger partial charge is 0.391 e. The van der Waals surface area contributed by atoms with E-state index in [1.54, 1.807) is 0 Å². The van der Waals surface area contributed by atoms with Gasteiger partial charge in [0.25, 0.3) is 0 Å². The first-order chi connectivity index (χ1) is 10.9. The first kappa shape index (κ1) is 16.0. The van der Waals surface area contributed by atoms with Crippen LogP contribution in [0.4, 0.5) is 17.6 Å². The average molecular weight is 325 g/mol. The van der Waals surface area contributed by atoms with Gasteiger partial charge >= 0.3 is 6.18 Å². The van der Waals surface area contributed by atoms with E-state index in [9.17, 15) is 22.7 Å². The van der Waals surface area contributed by atoms with E-state index in [-0.39, 0.29) is 12.1 Å². The Labute approximate surface area is 130 Å². The minimum Gasteiger partial charge on any atom is -0.391 e. The van der Waals surface area contributed by atoms with Crippen LogP contribution in [0.25, 0.3) is 0 Å². The Kier molecular flexibility index (Phi) is 4.12. The molecule has 0 saturated carbocycles. The highest BCUT2D eigenvalue weighted by Gasteiger charge is 2.32. The van der Waals surface area contributed by atoms with Crippen LogP contribution in [0.15, 0.2) is 42.5 Å². The van der Waals surface area contributed by atoms with E-state index >= 15 is 0 Å². The third kappa shape index (κ3) is 3.23. The molecule has 0 aliphatic heterocycles. The normalized spacial score (nSPS) is 20.6. The van der Waals surface area contributed by atoms with E-state index in [1.165, 1.54) is 0 Å². The Morgan fingerprint density at radius 3 is 2.61 bits per heavy atom. The van der Waals surface area contributed by atoms with Crippen molar-refractivity contribution in [2.75, 3.05) is 0 Å². The molecule has 0 aromatic heterocycles. The summed E-state index contributed by atoms with van der Waals surface area (Å²) in [5.41, 5.74) is 0.925. The summed E-state index contributed by atoms with van der Waals surface area (Å²) in [5, 5.41) is 13.1. The molecule has 6 heteroatoms. The summed E-state index contributed by atoms with van der Waals surface area (Å²) in [4.78, 5) is 0. The lowest BCUT2D eigenvalue weighted by Crippen LogP contribution is -2.28. The summed E-state index contributed by atoms with van der Waals surface area (Å²) in [7, 11) is 0. The molecule has 2 N–H and O–H groups in total. The molecular formula is C17H15F4NO. The molecule has 2 aromatic rings. The van der Waals surface area contributed by atoms with Gasteiger partial charge in [0, 0.05) is 18.5 Å². The van der Waals surface area contributed by atoms with Crippen molar-refractivity contribution in [2.45, 2.75) is 31.3 Å². The van der Waals surface area contributed by atoms with Crippen molar-refractivity contribution in [1.82, 2.24) is 5.32 Å². The lowest BCUT2D eigenvalue weighted by atomic mass is 10.1. The first-order valence-corrected chi connectivity index (χ1v) is 7.21. The van der Waals surface area contributed by atoms with Gasteiger partial charge in [-0.05, 0) is 29.3 Å². The van der Waals surface area contributed by atoms with E-state index in [1.807, 2.05) is 24.3 Å². The molecule has 2 atom stereocenters. The molecule has 1 aliphatic carbocycles. The Bertz CT molecular complexity index is 714. The molecule has 0 saturated heterocycles. The SMILES string of the molecule is O[C@@H]1Cc2ccccc2[C@@H]1NCc1cc(C(F)(F)F)ccc1F. The minimum atomic E-state index is -4.51. The minimum absolute atomic E-state index is 0.0728. The van der Waals surface area contributed by atoms with Gasteiger partial charge in [-0.3, -0.25) is 0 Å². The molecule has 0 bridgehead atoms. The molecule has 0 radical (unpaired) electrons. The Hall–Kier alpha value is -1.92. The highest BCUT2D eigenvalue weighted by Crippen LogP contribution is 2.33. The number of benzene rings is 2. The predicted octanol–water partition coefficient (Wildman–Crippen LogP) is 3.59. The lowest BCUT2D eigenvalue weighted by Gasteiger charge is -2.19. The third-order valence-electron chi connectivity index (χ3n) is 4.09. The van der Waals surface area contributed by atoms with E-state index < -0.39 is 29.7 Å². The van der Waals surface area contributed by atoms with Crippen LogP contribution in [0.3, 0.4) is 0 Å². The summed E-state index contributed by atoms with van der Waals surface area (Å²) in [6.07, 6.45) is -4.72. The van der Waals surface area contributed by atoms with Crippen LogP contribution in [0.5, 0.6) is 0 Å². The van der Waals surface area contributed by atoms with Crippen LogP contribution in [0.1, 0.15) is 28.3 Å². The van der Waals surface area contributed by atoms with Gasteiger partial charge < -0.3 is 10.4 Å². The number of hydrogen-bond donors (Lipinski definition) is 2. The highest BCUT2D eigenvalue weighted by molar-refractivity contribution is 5.36. The van der Waals surface area contributed by atoms with Crippen LogP contribution in [0, 0.1) is 5.82 Å². The van der Waals surface area contributed by atoms with E-state index in [0.717, 1.165) is 29.3 Å². The number of aliphatic hydroxyl groups excluding tert-OH is 1. The van der Waals surface area contributed by atoms with Crippen molar-refractivity contribution in [1.29, 1.82) is 0 Å². The van der Waals surface area contributed by atoms with Crippen LogP contribution in [0.2, 0.25) is 0 Å². The molecule has 1 aliphatic rings. The molecule has 0 amide bonds. The lowest BCUT2D eigenvalue weighted by molar-refractivity contribution is -0.137. The van der Waals surface area contributed by atoms with Crippen LogP contribution in [-0.4, -0.2) is 11.2 Å². The Morgan fingerprint density at radius 2 is 1.87 bits per heavy atom. The second-order valence-electron chi connectivity index (χ2n) is 5.63. The fraction of sp³-hybridized carbons (Fsp3) is 0.294. The van der Waals surface area contributed by atoms with Gasteiger partial charge in [0.1, 0.15) is 5.82 Å². The molecule has 0 spiro atoms. The summed E-state index contributed by atoms with van der Waals surface area (Å²) < 4.78 is 51.9. The van der Waals surface area contributed by atoms with E-state index in [2.05, 4.69) is 5.32 Å². The van der Waals surface area contributed by atoms with Crippen molar-refractivity contribution in [2.24, 2.45) is 0 Å². The van der Waals surface area contributed by atoms with Gasteiger partial charge in [-0.1, -0.05) is 24.3 Å². The molecule has 3 rings (SSSR count). The molecule has 0 unspecified atom stereocenters. The Morgan fingerprint density at radius 1 is 1.13 bits per heavy atom. The average Bonchev–Trinajstić information content (AvgIpc) is 2.81. The number of aliphatic hydroxyl groups is 1. The fourth-order valence-electron chi connectivity index (χ4n) is 2.93. The maximum Gasteiger partial charge on any atom is 0.416 e. The number of fused-ring (bicyclic) bond motifs is 1. The van der Waals surface area contributed by atoms with E-state index in [4.69, 9.17) is 0 Å². The number of alkyl halides is 3. The topological polar surface area (TPSA) is 32.3 Å². The third-order valence-corrected chi connectivity index (χ3v) is 4.09. The summed E-state index contributed by atoms with van der Waals surface area (Å²) in [5.74, 6) is -0.703. The van der Waals surface area contributed by atoms with Crippen molar-refractivity contribution in [3.63, 3.8) is 0 Å².